The van der Waals surface area contributed by atoms with Crippen LogP contribution in [-0.4, -0.2) is 18.7 Å². The van der Waals surface area contributed by atoms with Crippen molar-refractivity contribution in [3.63, 3.8) is 0 Å². The maximum atomic E-state index is 13.1. The highest BCUT2D eigenvalue weighted by Gasteiger charge is 2.26. The fourth-order valence-corrected chi connectivity index (χ4v) is 1.90. The number of ketones is 1. The number of carbonyl (C=O) groups is 2. The van der Waals surface area contributed by atoms with E-state index in [0.717, 1.165) is 0 Å². The summed E-state index contributed by atoms with van der Waals surface area (Å²) in [6.07, 6.45) is 0. The third-order valence-electron chi connectivity index (χ3n) is 3.07. The second kappa shape index (κ2) is 7.18. The lowest BCUT2D eigenvalue weighted by molar-refractivity contribution is -0.121. The minimum atomic E-state index is -1.39. The molecule has 5 nitrogen and oxygen atoms in total. The summed E-state index contributed by atoms with van der Waals surface area (Å²) in [6.45, 7) is 0. The molecule has 116 valence electrons. The Morgan fingerprint density at radius 2 is 1.87 bits per heavy atom. The van der Waals surface area contributed by atoms with E-state index >= 15 is 0 Å². The Labute approximate surface area is 132 Å². The fraction of sp³-hybridized carbons (Fsp3) is 0.118. The Morgan fingerprint density at radius 1 is 1.17 bits per heavy atom. The van der Waals surface area contributed by atoms with E-state index in [-0.39, 0.29) is 5.56 Å². The molecule has 1 atom stereocenters. The molecule has 0 saturated carbocycles. The van der Waals surface area contributed by atoms with Crippen LogP contribution in [0.25, 0.3) is 0 Å². The predicted octanol–water partition coefficient (Wildman–Crippen LogP) is 2.69. The van der Waals surface area contributed by atoms with Gasteiger partial charge in [-0.1, -0.05) is 6.07 Å². The Hall–Kier alpha value is -3.20. The number of benzene rings is 2. The summed E-state index contributed by atoms with van der Waals surface area (Å²) in [5, 5.41) is 11.2. The standard InChI is InChI=1S/C17H13FN2O3/c1-20-17(22)15(10-19)16(21)11-5-7-13(8-6-11)23-14-4-2-3-12(18)9-14/h2-9,15H,1H3,(H,20,22)/t15-/m1/s1. The minimum absolute atomic E-state index is 0.215. The summed E-state index contributed by atoms with van der Waals surface area (Å²) in [5.74, 6) is -2.33. The third kappa shape index (κ3) is 3.92. The largest absolute Gasteiger partial charge is 0.457 e. The van der Waals surface area contributed by atoms with Gasteiger partial charge >= 0.3 is 0 Å². The van der Waals surface area contributed by atoms with Gasteiger partial charge in [-0.05, 0) is 36.4 Å². The molecule has 0 heterocycles. The van der Waals surface area contributed by atoms with E-state index in [1.807, 2.05) is 0 Å². The molecule has 2 aromatic carbocycles. The van der Waals surface area contributed by atoms with E-state index in [1.54, 1.807) is 12.1 Å². The van der Waals surface area contributed by atoms with Gasteiger partial charge in [0.05, 0.1) is 6.07 Å². The van der Waals surface area contributed by atoms with Crippen LogP contribution in [-0.2, 0) is 4.79 Å². The van der Waals surface area contributed by atoms with Crippen molar-refractivity contribution in [2.24, 2.45) is 5.92 Å². The van der Waals surface area contributed by atoms with Crippen LogP contribution in [0.1, 0.15) is 10.4 Å². The molecule has 0 saturated heterocycles. The monoisotopic (exact) mass is 312 g/mol. The Balaban J connectivity index is 2.14. The summed E-state index contributed by atoms with van der Waals surface area (Å²) in [5.41, 5.74) is 0.215. The van der Waals surface area contributed by atoms with Gasteiger partial charge in [-0.25, -0.2) is 4.39 Å². The van der Waals surface area contributed by atoms with Crippen molar-refractivity contribution < 1.29 is 18.7 Å². The van der Waals surface area contributed by atoms with Gasteiger partial charge in [0.2, 0.25) is 5.91 Å². The minimum Gasteiger partial charge on any atom is -0.457 e. The zero-order chi connectivity index (χ0) is 16.8. The number of Topliss-reactive ketones (excluding diaryl/α,β-unsaturated/α-hetero) is 1. The molecular formula is C17H13FN2O3. The lowest BCUT2D eigenvalue weighted by atomic mass is 9.98. The first kappa shape index (κ1) is 16.2. The topological polar surface area (TPSA) is 79.2 Å². The van der Waals surface area contributed by atoms with Crippen molar-refractivity contribution in [1.82, 2.24) is 5.32 Å². The first-order valence-corrected chi connectivity index (χ1v) is 6.74. The number of nitriles is 1. The summed E-state index contributed by atoms with van der Waals surface area (Å²) >= 11 is 0. The van der Waals surface area contributed by atoms with Crippen molar-refractivity contribution in [3.05, 3.63) is 59.9 Å². The second-order valence-corrected chi connectivity index (χ2v) is 4.62. The molecule has 0 fully saturated rings. The SMILES string of the molecule is CNC(=O)[C@H](C#N)C(=O)c1ccc(Oc2cccc(F)c2)cc1. The third-order valence-corrected chi connectivity index (χ3v) is 3.07. The van der Waals surface area contributed by atoms with Crippen LogP contribution in [0.4, 0.5) is 4.39 Å². The summed E-state index contributed by atoms with van der Waals surface area (Å²) in [6, 6.07) is 13.2. The van der Waals surface area contributed by atoms with Gasteiger partial charge in [0.1, 0.15) is 17.3 Å². The van der Waals surface area contributed by atoms with E-state index in [0.29, 0.717) is 11.5 Å². The van der Waals surface area contributed by atoms with Crippen molar-refractivity contribution in [2.45, 2.75) is 0 Å². The molecule has 2 aromatic rings. The number of halogens is 1. The fourth-order valence-electron chi connectivity index (χ4n) is 1.90. The molecule has 0 aliphatic heterocycles. The number of rotatable bonds is 5. The number of nitrogens with zero attached hydrogens (tertiary/aromatic N) is 1. The van der Waals surface area contributed by atoms with Gasteiger partial charge in [-0.2, -0.15) is 5.26 Å². The maximum absolute atomic E-state index is 13.1. The lowest BCUT2D eigenvalue weighted by Gasteiger charge is -2.08. The van der Waals surface area contributed by atoms with Gasteiger partial charge in [0.25, 0.3) is 0 Å². The predicted molar refractivity (Wildman–Crippen MR) is 80.4 cm³/mol. The van der Waals surface area contributed by atoms with Crippen LogP contribution in [0.3, 0.4) is 0 Å². The molecule has 0 aliphatic rings. The molecule has 6 heteroatoms. The Bertz CT molecular complexity index is 766. The Morgan fingerprint density at radius 3 is 2.43 bits per heavy atom. The first-order valence-electron chi connectivity index (χ1n) is 6.74. The molecular weight excluding hydrogens is 299 g/mol. The molecule has 0 aromatic heterocycles. The second-order valence-electron chi connectivity index (χ2n) is 4.62. The zero-order valence-corrected chi connectivity index (χ0v) is 12.2. The summed E-state index contributed by atoms with van der Waals surface area (Å²) in [4.78, 5) is 23.6. The van der Waals surface area contributed by atoms with Crippen molar-refractivity contribution in [2.75, 3.05) is 7.05 Å². The number of hydrogen-bond donors (Lipinski definition) is 1. The molecule has 1 amide bonds. The highest BCUT2D eigenvalue weighted by molar-refractivity contribution is 6.12. The molecule has 1 N–H and O–H groups in total. The smallest absolute Gasteiger partial charge is 0.245 e. The molecule has 2 rings (SSSR count). The zero-order valence-electron chi connectivity index (χ0n) is 12.2. The maximum Gasteiger partial charge on any atom is 0.245 e. The molecule has 23 heavy (non-hydrogen) atoms. The van der Waals surface area contributed by atoms with Gasteiger partial charge in [-0.15, -0.1) is 0 Å². The normalized spacial score (nSPS) is 11.2. The van der Waals surface area contributed by atoms with Crippen molar-refractivity contribution >= 4 is 11.7 Å². The molecule has 0 unspecified atom stereocenters. The van der Waals surface area contributed by atoms with E-state index in [1.165, 1.54) is 49.5 Å². The van der Waals surface area contributed by atoms with Crippen LogP contribution < -0.4 is 10.1 Å². The van der Waals surface area contributed by atoms with Crippen molar-refractivity contribution in [3.8, 4) is 17.6 Å². The van der Waals surface area contributed by atoms with Crippen molar-refractivity contribution in [1.29, 1.82) is 5.26 Å². The van der Waals surface area contributed by atoms with E-state index in [4.69, 9.17) is 10.00 Å². The summed E-state index contributed by atoms with van der Waals surface area (Å²) < 4.78 is 18.5. The van der Waals surface area contributed by atoms with Gasteiger partial charge in [0, 0.05) is 18.7 Å². The van der Waals surface area contributed by atoms with E-state index in [9.17, 15) is 14.0 Å². The van der Waals surface area contributed by atoms with Crippen LogP contribution in [0, 0.1) is 23.1 Å². The molecule has 0 bridgehead atoms. The molecule has 0 spiro atoms. The number of hydrogen-bond acceptors (Lipinski definition) is 4. The van der Waals surface area contributed by atoms with Crippen LogP contribution in [0.2, 0.25) is 0 Å². The van der Waals surface area contributed by atoms with Gasteiger partial charge < -0.3 is 10.1 Å². The van der Waals surface area contributed by atoms with Crippen LogP contribution >= 0.6 is 0 Å². The molecule has 0 radical (unpaired) electrons. The van der Waals surface area contributed by atoms with E-state index in [2.05, 4.69) is 5.32 Å². The quantitative estimate of drug-likeness (QED) is 0.680. The van der Waals surface area contributed by atoms with Crippen LogP contribution in [0.15, 0.2) is 48.5 Å². The average molecular weight is 312 g/mol. The average Bonchev–Trinajstić information content (AvgIpc) is 2.56. The molecule has 0 aliphatic carbocycles. The first-order chi connectivity index (χ1) is 11.0. The number of amides is 1. The number of carbonyl (C=O) groups excluding carboxylic acids is 2. The lowest BCUT2D eigenvalue weighted by Crippen LogP contribution is -2.32. The van der Waals surface area contributed by atoms with Gasteiger partial charge in [-0.3, -0.25) is 9.59 Å². The Kier molecular flexibility index (Phi) is 5.05. The highest BCUT2D eigenvalue weighted by Crippen LogP contribution is 2.23. The van der Waals surface area contributed by atoms with Gasteiger partial charge in [0.15, 0.2) is 11.7 Å². The number of nitrogens with one attached hydrogen (secondary N) is 1. The van der Waals surface area contributed by atoms with Crippen LogP contribution in [0.5, 0.6) is 11.5 Å². The highest BCUT2D eigenvalue weighted by atomic mass is 19.1. The number of ether oxygens (including phenoxy) is 1. The summed E-state index contributed by atoms with van der Waals surface area (Å²) in [7, 11) is 1.36. The van der Waals surface area contributed by atoms with E-state index < -0.39 is 23.4 Å².